The largest absolute Gasteiger partial charge is 0.481 e. The van der Waals surface area contributed by atoms with Gasteiger partial charge in [0, 0.05) is 41.2 Å². The molecule has 1 heterocycles. The lowest BCUT2D eigenvalue weighted by molar-refractivity contribution is -0.384. The average Bonchev–Trinajstić information content (AvgIpc) is 3.28. The Morgan fingerprint density at radius 1 is 1.00 bits per heavy atom. The zero-order valence-electron chi connectivity index (χ0n) is 17.8. The Balaban J connectivity index is 1.66. The molecule has 0 aliphatic heterocycles. The van der Waals surface area contributed by atoms with Crippen molar-refractivity contribution >= 4 is 34.2 Å². The zero-order chi connectivity index (χ0) is 24.1. The molecule has 9 heteroatoms. The van der Waals surface area contributed by atoms with Crippen molar-refractivity contribution in [2.75, 3.05) is 0 Å². The quantitative estimate of drug-likeness (QED) is 0.204. The van der Waals surface area contributed by atoms with Gasteiger partial charge in [-0.05, 0) is 23.3 Å². The van der Waals surface area contributed by atoms with Gasteiger partial charge >= 0.3 is 5.97 Å². The molecule has 1 atom stereocenters. The maximum atomic E-state index is 12.6. The van der Waals surface area contributed by atoms with Crippen LogP contribution >= 0.6 is 0 Å². The SMILES string of the molecule is O=C(N/N=C(/CC(C(=O)O)c1c[nH]c2ccccc12)c1ccccc1)c1cccc([N+](=O)[O-])c1. The van der Waals surface area contributed by atoms with Gasteiger partial charge in [-0.25, -0.2) is 5.43 Å². The summed E-state index contributed by atoms with van der Waals surface area (Å²) in [4.78, 5) is 38.4. The van der Waals surface area contributed by atoms with Crippen molar-refractivity contribution in [3.63, 3.8) is 0 Å². The van der Waals surface area contributed by atoms with E-state index in [0.29, 0.717) is 16.8 Å². The lowest BCUT2D eigenvalue weighted by atomic mass is 9.91. The molecule has 0 aliphatic carbocycles. The van der Waals surface area contributed by atoms with Crippen LogP contribution in [0.1, 0.15) is 33.8 Å². The number of para-hydroxylation sites is 1. The lowest BCUT2D eigenvalue weighted by Crippen LogP contribution is -2.23. The minimum absolute atomic E-state index is 0.0103. The zero-order valence-corrected chi connectivity index (χ0v) is 17.8. The number of aliphatic carboxylic acids is 1. The number of amides is 1. The Morgan fingerprint density at radius 2 is 1.71 bits per heavy atom. The highest BCUT2D eigenvalue weighted by molar-refractivity contribution is 6.05. The predicted octanol–water partition coefficient (Wildman–Crippen LogP) is 4.47. The van der Waals surface area contributed by atoms with Gasteiger partial charge in [-0.3, -0.25) is 19.7 Å². The van der Waals surface area contributed by atoms with Gasteiger partial charge in [-0.2, -0.15) is 5.10 Å². The second-order valence-corrected chi connectivity index (χ2v) is 7.56. The van der Waals surface area contributed by atoms with Gasteiger partial charge < -0.3 is 10.1 Å². The van der Waals surface area contributed by atoms with Gasteiger partial charge in [0.15, 0.2) is 0 Å². The third-order valence-electron chi connectivity index (χ3n) is 5.41. The summed E-state index contributed by atoms with van der Waals surface area (Å²) in [6, 6.07) is 21.6. The number of nitro benzene ring substituents is 1. The maximum Gasteiger partial charge on any atom is 0.311 e. The molecule has 0 radical (unpaired) electrons. The van der Waals surface area contributed by atoms with Crippen LogP contribution in [0.2, 0.25) is 0 Å². The lowest BCUT2D eigenvalue weighted by Gasteiger charge is -2.14. The number of non-ortho nitro benzene ring substituents is 1. The van der Waals surface area contributed by atoms with Crippen molar-refractivity contribution in [1.29, 1.82) is 0 Å². The van der Waals surface area contributed by atoms with Crippen LogP contribution in [0, 0.1) is 10.1 Å². The number of hydrazone groups is 1. The first-order valence-electron chi connectivity index (χ1n) is 10.4. The van der Waals surface area contributed by atoms with Crippen molar-refractivity contribution < 1.29 is 19.6 Å². The Bertz CT molecular complexity index is 1390. The fourth-order valence-electron chi connectivity index (χ4n) is 3.71. The van der Waals surface area contributed by atoms with Gasteiger partial charge in [0.05, 0.1) is 16.6 Å². The molecule has 3 aromatic carbocycles. The van der Waals surface area contributed by atoms with E-state index in [9.17, 15) is 24.8 Å². The van der Waals surface area contributed by atoms with E-state index in [1.165, 1.54) is 18.2 Å². The van der Waals surface area contributed by atoms with Crippen LogP contribution in [-0.2, 0) is 4.79 Å². The summed E-state index contributed by atoms with van der Waals surface area (Å²) in [5, 5.41) is 26.0. The van der Waals surface area contributed by atoms with Crippen LogP contribution in [0.15, 0.2) is 90.2 Å². The smallest absolute Gasteiger partial charge is 0.311 e. The molecule has 0 bridgehead atoms. The number of carbonyl (C=O) groups excluding carboxylic acids is 1. The second-order valence-electron chi connectivity index (χ2n) is 7.56. The molecule has 4 aromatic rings. The fourth-order valence-corrected chi connectivity index (χ4v) is 3.71. The van der Waals surface area contributed by atoms with Crippen molar-refractivity contribution in [3.05, 3.63) is 112 Å². The number of nitrogens with one attached hydrogen (secondary N) is 2. The number of aromatic amines is 1. The molecule has 0 aliphatic rings. The van der Waals surface area contributed by atoms with Gasteiger partial charge in [-0.1, -0.05) is 54.6 Å². The molecule has 1 aromatic heterocycles. The Hall–Kier alpha value is -4.79. The standard InChI is InChI=1S/C25H20N4O5/c30-24(17-9-6-10-18(13-17)29(33)34)28-27-23(16-7-2-1-3-8-16)14-20(25(31)32)21-15-26-22-12-5-4-11-19(21)22/h1-13,15,20,26H,14H2,(H,28,30)(H,31,32)/b27-23-. The molecule has 0 fully saturated rings. The van der Waals surface area contributed by atoms with Gasteiger partial charge in [0.1, 0.15) is 0 Å². The normalized spacial score (nSPS) is 12.3. The molecule has 0 spiro atoms. The molecule has 170 valence electrons. The number of carbonyl (C=O) groups is 2. The van der Waals surface area contributed by atoms with E-state index >= 15 is 0 Å². The van der Waals surface area contributed by atoms with Crippen LogP contribution in [-0.4, -0.2) is 32.6 Å². The highest BCUT2D eigenvalue weighted by Gasteiger charge is 2.26. The summed E-state index contributed by atoms with van der Waals surface area (Å²) < 4.78 is 0. The summed E-state index contributed by atoms with van der Waals surface area (Å²) in [6.45, 7) is 0. The van der Waals surface area contributed by atoms with E-state index in [1.54, 1.807) is 30.5 Å². The van der Waals surface area contributed by atoms with E-state index in [2.05, 4.69) is 15.5 Å². The molecular weight excluding hydrogens is 436 g/mol. The first-order chi connectivity index (χ1) is 16.4. The number of rotatable bonds is 8. The summed E-state index contributed by atoms with van der Waals surface area (Å²) >= 11 is 0. The first-order valence-corrected chi connectivity index (χ1v) is 10.4. The topological polar surface area (TPSA) is 138 Å². The van der Waals surface area contributed by atoms with E-state index < -0.39 is 22.7 Å². The molecule has 1 unspecified atom stereocenters. The number of H-pyrrole nitrogens is 1. The van der Waals surface area contributed by atoms with Crippen molar-refractivity contribution in [3.8, 4) is 0 Å². The first kappa shape index (κ1) is 22.4. The number of aromatic nitrogens is 1. The predicted molar refractivity (Wildman–Crippen MR) is 127 cm³/mol. The summed E-state index contributed by atoms with van der Waals surface area (Å²) in [6.07, 6.45) is 1.68. The molecule has 3 N–H and O–H groups in total. The van der Waals surface area contributed by atoms with Crippen molar-refractivity contribution in [2.45, 2.75) is 12.3 Å². The van der Waals surface area contributed by atoms with E-state index in [4.69, 9.17) is 0 Å². The monoisotopic (exact) mass is 456 g/mol. The minimum Gasteiger partial charge on any atom is -0.481 e. The maximum absolute atomic E-state index is 12.6. The van der Waals surface area contributed by atoms with Crippen LogP contribution in [0.4, 0.5) is 5.69 Å². The molecule has 34 heavy (non-hydrogen) atoms. The average molecular weight is 456 g/mol. The van der Waals surface area contributed by atoms with Gasteiger partial charge in [0.2, 0.25) is 0 Å². The number of hydrogen-bond donors (Lipinski definition) is 3. The Morgan fingerprint density at radius 3 is 2.44 bits per heavy atom. The third-order valence-corrected chi connectivity index (χ3v) is 5.41. The highest BCUT2D eigenvalue weighted by atomic mass is 16.6. The van der Waals surface area contributed by atoms with Gasteiger partial charge in [0.25, 0.3) is 11.6 Å². The molecule has 0 saturated carbocycles. The van der Waals surface area contributed by atoms with Crippen molar-refractivity contribution in [2.24, 2.45) is 5.10 Å². The summed E-state index contributed by atoms with van der Waals surface area (Å²) in [7, 11) is 0. The highest BCUT2D eigenvalue weighted by Crippen LogP contribution is 2.29. The van der Waals surface area contributed by atoms with Gasteiger partial charge in [-0.15, -0.1) is 0 Å². The van der Waals surface area contributed by atoms with E-state index in [1.807, 2.05) is 30.3 Å². The molecule has 9 nitrogen and oxygen atoms in total. The number of fused-ring (bicyclic) bond motifs is 1. The Labute approximate surface area is 193 Å². The van der Waals surface area contributed by atoms with E-state index in [0.717, 1.165) is 17.0 Å². The minimum atomic E-state index is -1.03. The molecule has 1 amide bonds. The van der Waals surface area contributed by atoms with Crippen LogP contribution in [0.5, 0.6) is 0 Å². The Kier molecular flexibility index (Phi) is 6.45. The summed E-state index contributed by atoms with van der Waals surface area (Å²) in [5.41, 5.74) is 4.70. The summed E-state index contributed by atoms with van der Waals surface area (Å²) in [5.74, 6) is -2.60. The van der Waals surface area contributed by atoms with Crippen LogP contribution in [0.25, 0.3) is 10.9 Å². The molecule has 0 saturated heterocycles. The second kappa shape index (κ2) is 9.78. The number of hydrogen-bond acceptors (Lipinski definition) is 5. The van der Waals surface area contributed by atoms with Crippen molar-refractivity contribution in [1.82, 2.24) is 10.4 Å². The van der Waals surface area contributed by atoms with Crippen LogP contribution in [0.3, 0.4) is 0 Å². The van der Waals surface area contributed by atoms with Crippen LogP contribution < -0.4 is 5.43 Å². The number of benzene rings is 3. The number of nitrogens with zero attached hydrogens (tertiary/aromatic N) is 2. The third kappa shape index (κ3) is 4.83. The number of nitro groups is 1. The number of carboxylic acid groups (broad SMARTS) is 1. The van der Waals surface area contributed by atoms with E-state index in [-0.39, 0.29) is 17.7 Å². The molecule has 4 rings (SSSR count). The molecular formula is C25H20N4O5. The number of carboxylic acids is 1. The fraction of sp³-hybridized carbons (Fsp3) is 0.0800.